The van der Waals surface area contributed by atoms with Gasteiger partial charge in [0.2, 0.25) is 0 Å². The van der Waals surface area contributed by atoms with Crippen molar-refractivity contribution in [3.63, 3.8) is 0 Å². The third-order valence-electron chi connectivity index (χ3n) is 4.22. The Morgan fingerprint density at radius 3 is 2.69 bits per heavy atom. The molecule has 4 aromatic rings. The molecule has 26 heavy (non-hydrogen) atoms. The smallest absolute Gasteiger partial charge is 0.326 e. The summed E-state index contributed by atoms with van der Waals surface area (Å²) in [5, 5.41) is 3.09. The second-order valence-corrected chi connectivity index (χ2v) is 6.21. The molecule has 0 radical (unpaired) electrons. The van der Waals surface area contributed by atoms with E-state index in [-0.39, 0.29) is 5.69 Å². The predicted octanol–water partition coefficient (Wildman–Crippen LogP) is 2.95. The first-order valence-corrected chi connectivity index (χ1v) is 8.06. The topological polar surface area (TPSA) is 80.5 Å². The Balaban J connectivity index is 1.74. The monoisotopic (exact) mass is 352 g/mol. The van der Waals surface area contributed by atoms with E-state index in [2.05, 4.69) is 20.3 Å². The van der Waals surface area contributed by atoms with E-state index in [1.165, 1.54) is 10.6 Å². The van der Waals surface area contributed by atoms with Crippen LogP contribution in [-0.2, 0) is 7.05 Å². The Hall–Kier alpha value is -3.42. The average molecular weight is 352 g/mol. The van der Waals surface area contributed by atoms with Crippen LogP contribution in [-0.4, -0.2) is 24.1 Å². The van der Waals surface area contributed by atoms with E-state index in [4.69, 9.17) is 0 Å². The Morgan fingerprint density at radius 1 is 1.19 bits per heavy atom. The van der Waals surface area contributed by atoms with E-state index in [1.54, 1.807) is 36.3 Å². The molecule has 0 saturated carbocycles. The summed E-state index contributed by atoms with van der Waals surface area (Å²) in [6.45, 7) is 3.69. The fourth-order valence-corrected chi connectivity index (χ4v) is 2.92. The minimum atomic E-state index is -0.391. The van der Waals surface area contributed by atoms with Gasteiger partial charge in [-0.3, -0.25) is 4.57 Å². The molecule has 1 aromatic carbocycles. The van der Waals surface area contributed by atoms with Crippen molar-refractivity contribution in [3.8, 4) is 5.69 Å². The van der Waals surface area contributed by atoms with Crippen LogP contribution in [0.25, 0.3) is 16.7 Å². The summed E-state index contributed by atoms with van der Waals surface area (Å²) in [5.41, 5.74) is 3.59. The number of aromatic amines is 1. The van der Waals surface area contributed by atoms with Gasteiger partial charge in [-0.2, -0.15) is 0 Å². The lowest BCUT2D eigenvalue weighted by Gasteiger charge is -2.10. The Morgan fingerprint density at radius 2 is 2.00 bits per heavy atom. The zero-order valence-electron chi connectivity index (χ0n) is 14.5. The molecular formula is C18H17FN6O. The van der Waals surface area contributed by atoms with Gasteiger partial charge in [-0.1, -0.05) is 0 Å². The Kier molecular flexibility index (Phi) is 3.61. The van der Waals surface area contributed by atoms with Crippen LogP contribution in [0, 0.1) is 19.7 Å². The molecule has 0 amide bonds. The van der Waals surface area contributed by atoms with Crippen LogP contribution < -0.4 is 11.0 Å². The molecule has 0 spiro atoms. The summed E-state index contributed by atoms with van der Waals surface area (Å²) in [5.74, 6) is 0.0844. The van der Waals surface area contributed by atoms with Crippen LogP contribution in [0.4, 0.5) is 15.9 Å². The summed E-state index contributed by atoms with van der Waals surface area (Å²) in [6, 6.07) is 6.63. The molecular weight excluding hydrogens is 335 g/mol. The highest BCUT2D eigenvalue weighted by molar-refractivity contribution is 5.88. The molecule has 0 aliphatic heterocycles. The van der Waals surface area contributed by atoms with E-state index < -0.39 is 5.82 Å². The first kappa shape index (κ1) is 16.1. The number of anilines is 2. The van der Waals surface area contributed by atoms with Crippen LogP contribution in [0.1, 0.15) is 11.4 Å². The molecule has 0 bridgehead atoms. The van der Waals surface area contributed by atoms with Gasteiger partial charge in [0, 0.05) is 24.6 Å². The van der Waals surface area contributed by atoms with Crippen molar-refractivity contribution in [2.24, 2.45) is 7.05 Å². The number of hydrogen-bond donors (Lipinski definition) is 2. The molecule has 8 heteroatoms. The van der Waals surface area contributed by atoms with E-state index >= 15 is 0 Å². The number of hydrogen-bond acceptors (Lipinski definition) is 4. The van der Waals surface area contributed by atoms with Gasteiger partial charge in [-0.05, 0) is 38.1 Å². The number of pyridine rings is 1. The maximum atomic E-state index is 14.5. The third-order valence-corrected chi connectivity index (χ3v) is 4.22. The van der Waals surface area contributed by atoms with Crippen LogP contribution in [0.2, 0.25) is 0 Å². The lowest BCUT2D eigenvalue weighted by atomic mass is 10.2. The fourth-order valence-electron chi connectivity index (χ4n) is 2.92. The van der Waals surface area contributed by atoms with Crippen molar-refractivity contribution in [2.75, 3.05) is 5.32 Å². The molecule has 4 rings (SSSR count). The van der Waals surface area contributed by atoms with Crippen molar-refractivity contribution in [2.45, 2.75) is 13.8 Å². The lowest BCUT2D eigenvalue weighted by molar-refractivity contribution is 0.618. The SMILES string of the molecule is Cc1cn(-c2ccc(Nc3nc(C)cc4c3[nH]c(=O)n4C)cc2F)cn1. The van der Waals surface area contributed by atoms with Gasteiger partial charge in [0.25, 0.3) is 0 Å². The van der Waals surface area contributed by atoms with E-state index in [9.17, 15) is 9.18 Å². The molecule has 0 unspecified atom stereocenters. The standard InChI is InChI=1S/C18H17FN6O/c1-10-6-15-16(23-18(26)24(15)3)17(21-10)22-12-4-5-14(13(19)7-12)25-8-11(2)20-9-25/h4-9H,1-3H3,(H,21,22)(H,23,26). The number of nitrogens with one attached hydrogen (secondary N) is 2. The molecule has 2 N–H and O–H groups in total. The van der Waals surface area contributed by atoms with Crippen molar-refractivity contribution >= 4 is 22.5 Å². The number of aryl methyl sites for hydroxylation is 3. The van der Waals surface area contributed by atoms with Crippen molar-refractivity contribution in [1.82, 2.24) is 24.1 Å². The summed E-state index contributed by atoms with van der Waals surface area (Å²) in [7, 11) is 1.69. The van der Waals surface area contributed by atoms with Gasteiger partial charge < -0.3 is 14.9 Å². The normalized spacial score (nSPS) is 11.2. The molecule has 3 aromatic heterocycles. The summed E-state index contributed by atoms with van der Waals surface area (Å²) in [6.07, 6.45) is 3.33. The first-order chi connectivity index (χ1) is 12.4. The van der Waals surface area contributed by atoms with Crippen LogP contribution >= 0.6 is 0 Å². The minimum Gasteiger partial charge on any atom is -0.338 e. The van der Waals surface area contributed by atoms with Crippen LogP contribution in [0.3, 0.4) is 0 Å². The van der Waals surface area contributed by atoms with Gasteiger partial charge in [-0.15, -0.1) is 0 Å². The Labute approximate surface area is 148 Å². The highest BCUT2D eigenvalue weighted by Crippen LogP contribution is 2.25. The highest BCUT2D eigenvalue weighted by atomic mass is 19.1. The third kappa shape index (κ3) is 2.65. The summed E-state index contributed by atoms with van der Waals surface area (Å²) in [4.78, 5) is 23.2. The van der Waals surface area contributed by atoms with Crippen molar-refractivity contribution < 1.29 is 4.39 Å². The molecule has 0 aliphatic carbocycles. The maximum Gasteiger partial charge on any atom is 0.326 e. The fraction of sp³-hybridized carbons (Fsp3) is 0.167. The molecule has 0 atom stereocenters. The number of rotatable bonds is 3. The number of fused-ring (bicyclic) bond motifs is 1. The molecule has 0 fully saturated rings. The molecule has 0 aliphatic rings. The zero-order valence-corrected chi connectivity index (χ0v) is 14.5. The average Bonchev–Trinajstić information content (AvgIpc) is 3.13. The maximum absolute atomic E-state index is 14.5. The number of H-pyrrole nitrogens is 1. The Bertz CT molecular complexity index is 1190. The van der Waals surface area contributed by atoms with E-state index in [0.717, 1.165) is 16.9 Å². The minimum absolute atomic E-state index is 0.229. The molecule has 0 saturated heterocycles. The zero-order chi connectivity index (χ0) is 18.4. The summed E-state index contributed by atoms with van der Waals surface area (Å²) < 4.78 is 17.7. The molecule has 3 heterocycles. The number of benzene rings is 1. The predicted molar refractivity (Wildman–Crippen MR) is 97.6 cm³/mol. The van der Waals surface area contributed by atoms with Gasteiger partial charge in [0.1, 0.15) is 11.3 Å². The van der Waals surface area contributed by atoms with E-state index in [1.807, 2.05) is 19.9 Å². The second-order valence-electron chi connectivity index (χ2n) is 6.21. The quantitative estimate of drug-likeness (QED) is 0.594. The van der Waals surface area contributed by atoms with Gasteiger partial charge in [0.05, 0.1) is 23.2 Å². The number of imidazole rings is 2. The highest BCUT2D eigenvalue weighted by Gasteiger charge is 2.12. The van der Waals surface area contributed by atoms with Crippen LogP contribution in [0.15, 0.2) is 41.6 Å². The number of aromatic nitrogens is 5. The van der Waals surface area contributed by atoms with Crippen molar-refractivity contribution in [3.05, 3.63) is 64.5 Å². The summed E-state index contributed by atoms with van der Waals surface area (Å²) >= 11 is 0. The second kappa shape index (κ2) is 5.83. The largest absolute Gasteiger partial charge is 0.338 e. The molecule has 7 nitrogen and oxygen atoms in total. The van der Waals surface area contributed by atoms with Gasteiger partial charge >= 0.3 is 5.69 Å². The van der Waals surface area contributed by atoms with E-state index in [0.29, 0.717) is 22.7 Å². The number of halogens is 1. The first-order valence-electron chi connectivity index (χ1n) is 8.06. The van der Waals surface area contributed by atoms with Gasteiger partial charge in [0.15, 0.2) is 5.82 Å². The number of nitrogens with zero attached hydrogens (tertiary/aromatic N) is 4. The van der Waals surface area contributed by atoms with Gasteiger partial charge in [-0.25, -0.2) is 19.2 Å². The molecule has 132 valence electrons. The van der Waals surface area contributed by atoms with Crippen LogP contribution in [0.5, 0.6) is 0 Å². The van der Waals surface area contributed by atoms with Crippen molar-refractivity contribution in [1.29, 1.82) is 0 Å². The lowest BCUT2D eigenvalue weighted by Crippen LogP contribution is -2.11.